The third-order valence-electron chi connectivity index (χ3n) is 2.62. The van der Waals surface area contributed by atoms with Crippen molar-refractivity contribution in [1.82, 2.24) is 0 Å². The quantitative estimate of drug-likeness (QED) is 0.688. The smallest absolute Gasteiger partial charge is 0.0727 e. The fourth-order valence-electron chi connectivity index (χ4n) is 1.82. The molecule has 0 amide bonds. The molecule has 0 radical (unpaired) electrons. The SMILES string of the molecule is CC(C)OCCOC1CCCCC1N. The molecular weight excluding hydrogens is 178 g/mol. The molecule has 2 unspecified atom stereocenters. The van der Waals surface area contributed by atoms with E-state index in [2.05, 4.69) is 0 Å². The Bertz CT molecular complexity index is 150. The molecule has 1 fully saturated rings. The van der Waals surface area contributed by atoms with Crippen LogP contribution < -0.4 is 5.73 Å². The van der Waals surface area contributed by atoms with E-state index in [1.807, 2.05) is 13.8 Å². The molecule has 0 aliphatic heterocycles. The molecule has 1 saturated carbocycles. The lowest BCUT2D eigenvalue weighted by molar-refractivity contribution is -0.0310. The molecule has 1 aliphatic rings. The highest BCUT2D eigenvalue weighted by molar-refractivity contribution is 4.78. The molecule has 0 saturated heterocycles. The first-order valence-electron chi connectivity index (χ1n) is 5.69. The Morgan fingerprint density at radius 1 is 1.21 bits per heavy atom. The highest BCUT2D eigenvalue weighted by Crippen LogP contribution is 2.19. The van der Waals surface area contributed by atoms with E-state index in [1.165, 1.54) is 12.8 Å². The van der Waals surface area contributed by atoms with Gasteiger partial charge in [-0.25, -0.2) is 0 Å². The zero-order valence-corrected chi connectivity index (χ0v) is 9.37. The number of ether oxygens (including phenoxy) is 2. The summed E-state index contributed by atoms with van der Waals surface area (Å²) in [6.45, 7) is 5.43. The van der Waals surface area contributed by atoms with Gasteiger partial charge >= 0.3 is 0 Å². The van der Waals surface area contributed by atoms with E-state index in [0.717, 1.165) is 12.8 Å². The van der Waals surface area contributed by atoms with Crippen molar-refractivity contribution in [2.24, 2.45) is 5.73 Å². The van der Waals surface area contributed by atoms with Gasteiger partial charge in [0.1, 0.15) is 0 Å². The van der Waals surface area contributed by atoms with Crippen molar-refractivity contribution in [3.8, 4) is 0 Å². The summed E-state index contributed by atoms with van der Waals surface area (Å²) in [4.78, 5) is 0. The molecule has 0 spiro atoms. The normalized spacial score (nSPS) is 28.3. The Morgan fingerprint density at radius 2 is 1.93 bits per heavy atom. The molecule has 2 atom stereocenters. The minimum atomic E-state index is 0.239. The van der Waals surface area contributed by atoms with Crippen LogP contribution in [0.15, 0.2) is 0 Å². The molecule has 84 valence electrons. The van der Waals surface area contributed by atoms with Gasteiger partial charge in [-0.1, -0.05) is 12.8 Å². The second-order valence-corrected chi connectivity index (χ2v) is 4.28. The van der Waals surface area contributed by atoms with Crippen LogP contribution in [-0.2, 0) is 9.47 Å². The largest absolute Gasteiger partial charge is 0.376 e. The van der Waals surface area contributed by atoms with Crippen molar-refractivity contribution in [2.45, 2.75) is 57.8 Å². The second kappa shape index (κ2) is 6.38. The first-order chi connectivity index (χ1) is 6.70. The van der Waals surface area contributed by atoms with Crippen LogP contribution in [0.4, 0.5) is 0 Å². The first-order valence-corrected chi connectivity index (χ1v) is 5.69. The molecule has 0 aromatic heterocycles. The van der Waals surface area contributed by atoms with E-state index < -0.39 is 0 Å². The predicted octanol–water partition coefficient (Wildman–Crippen LogP) is 1.70. The van der Waals surface area contributed by atoms with Crippen molar-refractivity contribution in [1.29, 1.82) is 0 Å². The van der Waals surface area contributed by atoms with Crippen molar-refractivity contribution in [3.63, 3.8) is 0 Å². The summed E-state index contributed by atoms with van der Waals surface area (Å²) in [5, 5.41) is 0. The first kappa shape index (κ1) is 12.0. The van der Waals surface area contributed by atoms with Gasteiger partial charge in [-0.2, -0.15) is 0 Å². The summed E-state index contributed by atoms with van der Waals surface area (Å²) in [7, 11) is 0. The standard InChI is InChI=1S/C11H23NO2/c1-9(2)13-7-8-14-11-6-4-3-5-10(11)12/h9-11H,3-8,12H2,1-2H3. The minimum Gasteiger partial charge on any atom is -0.376 e. The minimum absolute atomic E-state index is 0.239. The summed E-state index contributed by atoms with van der Waals surface area (Å²) >= 11 is 0. The van der Waals surface area contributed by atoms with Gasteiger partial charge in [0.15, 0.2) is 0 Å². The molecule has 3 nitrogen and oxygen atoms in total. The number of hydrogen-bond donors (Lipinski definition) is 1. The summed E-state index contributed by atoms with van der Waals surface area (Å²) in [5.41, 5.74) is 5.96. The van der Waals surface area contributed by atoms with E-state index in [4.69, 9.17) is 15.2 Å². The van der Waals surface area contributed by atoms with E-state index in [9.17, 15) is 0 Å². The molecule has 1 rings (SSSR count). The number of nitrogens with two attached hydrogens (primary N) is 1. The molecule has 0 aromatic rings. The number of hydrogen-bond acceptors (Lipinski definition) is 3. The van der Waals surface area contributed by atoms with Crippen LogP contribution in [-0.4, -0.2) is 31.5 Å². The summed E-state index contributed by atoms with van der Waals surface area (Å²) in [5.74, 6) is 0. The van der Waals surface area contributed by atoms with Crippen LogP contribution in [0.1, 0.15) is 39.5 Å². The fourth-order valence-corrected chi connectivity index (χ4v) is 1.82. The van der Waals surface area contributed by atoms with Crippen molar-refractivity contribution < 1.29 is 9.47 Å². The lowest BCUT2D eigenvalue weighted by Gasteiger charge is -2.28. The van der Waals surface area contributed by atoms with Gasteiger partial charge in [-0.05, 0) is 26.7 Å². The third kappa shape index (κ3) is 4.40. The van der Waals surface area contributed by atoms with Crippen molar-refractivity contribution in [2.75, 3.05) is 13.2 Å². The number of rotatable bonds is 5. The lowest BCUT2D eigenvalue weighted by atomic mass is 9.93. The zero-order valence-electron chi connectivity index (χ0n) is 9.37. The fraction of sp³-hybridized carbons (Fsp3) is 1.00. The monoisotopic (exact) mass is 201 g/mol. The van der Waals surface area contributed by atoms with Gasteiger partial charge in [-0.15, -0.1) is 0 Å². The van der Waals surface area contributed by atoms with Crippen LogP contribution in [0.25, 0.3) is 0 Å². The maximum absolute atomic E-state index is 5.96. The predicted molar refractivity (Wildman–Crippen MR) is 57.3 cm³/mol. The van der Waals surface area contributed by atoms with Crippen molar-refractivity contribution >= 4 is 0 Å². The highest BCUT2D eigenvalue weighted by Gasteiger charge is 2.21. The molecular formula is C11H23NO2. The average molecular weight is 201 g/mol. The van der Waals surface area contributed by atoms with Crippen LogP contribution in [0.3, 0.4) is 0 Å². The van der Waals surface area contributed by atoms with E-state index in [0.29, 0.717) is 19.3 Å². The Kier molecular flexibility index (Phi) is 5.45. The maximum Gasteiger partial charge on any atom is 0.0727 e. The highest BCUT2D eigenvalue weighted by atomic mass is 16.5. The van der Waals surface area contributed by atoms with E-state index in [1.54, 1.807) is 0 Å². The maximum atomic E-state index is 5.96. The molecule has 0 bridgehead atoms. The summed E-state index contributed by atoms with van der Waals surface area (Å²) in [6, 6.07) is 0.239. The second-order valence-electron chi connectivity index (χ2n) is 4.28. The Morgan fingerprint density at radius 3 is 2.57 bits per heavy atom. The molecule has 3 heteroatoms. The van der Waals surface area contributed by atoms with Gasteiger partial charge in [0.2, 0.25) is 0 Å². The van der Waals surface area contributed by atoms with Gasteiger partial charge < -0.3 is 15.2 Å². The van der Waals surface area contributed by atoms with E-state index >= 15 is 0 Å². The van der Waals surface area contributed by atoms with Crippen LogP contribution in [0.5, 0.6) is 0 Å². The zero-order chi connectivity index (χ0) is 10.4. The Balaban J connectivity index is 2.04. The summed E-state index contributed by atoms with van der Waals surface area (Å²) < 4.78 is 11.1. The molecule has 0 heterocycles. The Labute approximate surface area is 86.9 Å². The van der Waals surface area contributed by atoms with Gasteiger partial charge in [0.25, 0.3) is 0 Å². The third-order valence-corrected chi connectivity index (χ3v) is 2.62. The molecule has 0 aromatic carbocycles. The van der Waals surface area contributed by atoms with Gasteiger partial charge in [0.05, 0.1) is 25.4 Å². The molecule has 14 heavy (non-hydrogen) atoms. The topological polar surface area (TPSA) is 44.5 Å². The van der Waals surface area contributed by atoms with Crippen LogP contribution in [0, 0.1) is 0 Å². The Hall–Kier alpha value is -0.120. The van der Waals surface area contributed by atoms with E-state index in [-0.39, 0.29) is 12.1 Å². The molecule has 2 N–H and O–H groups in total. The van der Waals surface area contributed by atoms with Crippen LogP contribution in [0.2, 0.25) is 0 Å². The lowest BCUT2D eigenvalue weighted by Crippen LogP contribution is -2.39. The van der Waals surface area contributed by atoms with Crippen LogP contribution >= 0.6 is 0 Å². The van der Waals surface area contributed by atoms with Gasteiger partial charge in [-0.3, -0.25) is 0 Å². The van der Waals surface area contributed by atoms with Crippen molar-refractivity contribution in [3.05, 3.63) is 0 Å². The molecule has 1 aliphatic carbocycles. The average Bonchev–Trinajstić information content (AvgIpc) is 2.15. The summed E-state index contributed by atoms with van der Waals surface area (Å²) in [6.07, 6.45) is 5.28. The van der Waals surface area contributed by atoms with Gasteiger partial charge in [0, 0.05) is 6.04 Å².